The molecule has 0 saturated carbocycles. The molecule has 6 heteroatoms. The molecule has 0 aliphatic carbocycles. The summed E-state index contributed by atoms with van der Waals surface area (Å²) in [6, 6.07) is 6.66. The van der Waals surface area contributed by atoms with Gasteiger partial charge in [-0.3, -0.25) is 5.10 Å². The summed E-state index contributed by atoms with van der Waals surface area (Å²) < 4.78 is 15.8. The van der Waals surface area contributed by atoms with Gasteiger partial charge in [-0.25, -0.2) is 14.1 Å². The van der Waals surface area contributed by atoms with E-state index in [9.17, 15) is 4.39 Å². The van der Waals surface area contributed by atoms with Gasteiger partial charge in [0.1, 0.15) is 17.3 Å². The maximum atomic E-state index is 14.2. The van der Waals surface area contributed by atoms with Gasteiger partial charge in [-0.05, 0) is 38.0 Å². The fourth-order valence-electron chi connectivity index (χ4n) is 2.76. The molecule has 0 fully saturated rings. The fraction of sp³-hybridized carbons (Fsp3) is 0.389. The van der Waals surface area contributed by atoms with Gasteiger partial charge in [-0.1, -0.05) is 26.0 Å². The zero-order chi connectivity index (χ0) is 17.3. The molecular formula is C18H22FN5. The van der Waals surface area contributed by atoms with Crippen LogP contribution in [0.25, 0.3) is 5.69 Å². The van der Waals surface area contributed by atoms with Crippen LogP contribution in [0.5, 0.6) is 0 Å². The maximum Gasteiger partial charge on any atom is 0.153 e. The van der Waals surface area contributed by atoms with Crippen LogP contribution in [-0.2, 0) is 12.8 Å². The predicted molar refractivity (Wildman–Crippen MR) is 90.9 cm³/mol. The van der Waals surface area contributed by atoms with Gasteiger partial charge in [0.15, 0.2) is 5.82 Å². The third kappa shape index (κ3) is 3.09. The quantitative estimate of drug-likeness (QED) is 0.778. The fourth-order valence-corrected chi connectivity index (χ4v) is 2.76. The second-order valence-corrected chi connectivity index (χ2v) is 6.32. The third-order valence-corrected chi connectivity index (χ3v) is 4.17. The van der Waals surface area contributed by atoms with Gasteiger partial charge in [0.25, 0.3) is 0 Å². The highest BCUT2D eigenvalue weighted by Crippen LogP contribution is 2.20. The summed E-state index contributed by atoms with van der Waals surface area (Å²) in [5.41, 5.74) is 3.68. The Bertz CT molecular complexity index is 827. The molecule has 0 radical (unpaired) electrons. The Hall–Kier alpha value is -2.50. The number of hydrogen-bond acceptors (Lipinski definition) is 3. The molecule has 0 unspecified atom stereocenters. The van der Waals surface area contributed by atoms with E-state index < -0.39 is 0 Å². The third-order valence-electron chi connectivity index (χ3n) is 4.17. The number of nitrogens with zero attached hydrogens (tertiary/aromatic N) is 4. The molecule has 126 valence electrons. The lowest BCUT2D eigenvalue weighted by Gasteiger charge is -2.07. The summed E-state index contributed by atoms with van der Waals surface area (Å²) >= 11 is 0. The number of hydrogen-bond donors (Lipinski definition) is 1. The van der Waals surface area contributed by atoms with Crippen LogP contribution in [0.2, 0.25) is 0 Å². The van der Waals surface area contributed by atoms with E-state index in [-0.39, 0.29) is 11.7 Å². The Kier molecular flexibility index (Phi) is 4.46. The van der Waals surface area contributed by atoms with Gasteiger partial charge in [0.2, 0.25) is 0 Å². The molecule has 0 amide bonds. The molecule has 0 spiro atoms. The number of nitrogens with one attached hydrogen (secondary N) is 1. The summed E-state index contributed by atoms with van der Waals surface area (Å²) in [5.74, 6) is 1.39. The zero-order valence-corrected chi connectivity index (χ0v) is 14.5. The average Bonchev–Trinajstić information content (AvgIpc) is 3.10. The number of para-hydroxylation sites is 1. The Labute approximate surface area is 140 Å². The van der Waals surface area contributed by atoms with E-state index in [4.69, 9.17) is 0 Å². The molecule has 3 aromatic rings. The van der Waals surface area contributed by atoms with Crippen molar-refractivity contribution in [2.45, 2.75) is 46.5 Å². The van der Waals surface area contributed by atoms with Gasteiger partial charge in [-0.15, -0.1) is 0 Å². The largest absolute Gasteiger partial charge is 0.282 e. The highest BCUT2D eigenvalue weighted by Gasteiger charge is 2.17. The van der Waals surface area contributed by atoms with E-state index in [1.807, 2.05) is 33.8 Å². The minimum absolute atomic E-state index is 0.189. The SMILES string of the molecule is Cc1n[nH]c(C)c1CCc1nc(C(C)C)nn1-c1ccccc1F. The first-order valence-electron chi connectivity index (χ1n) is 8.18. The average molecular weight is 327 g/mol. The van der Waals surface area contributed by atoms with Gasteiger partial charge in [-0.2, -0.15) is 10.2 Å². The monoisotopic (exact) mass is 327 g/mol. The van der Waals surface area contributed by atoms with Crippen molar-refractivity contribution in [2.75, 3.05) is 0 Å². The summed E-state index contributed by atoms with van der Waals surface area (Å²) in [6.07, 6.45) is 1.47. The predicted octanol–water partition coefficient (Wildman–Crippen LogP) is 3.65. The van der Waals surface area contributed by atoms with Crippen molar-refractivity contribution in [1.82, 2.24) is 25.0 Å². The van der Waals surface area contributed by atoms with Gasteiger partial charge in [0, 0.05) is 18.0 Å². The Morgan fingerprint density at radius 2 is 1.92 bits per heavy atom. The summed E-state index contributed by atoms with van der Waals surface area (Å²) in [4.78, 5) is 4.64. The number of aromatic nitrogens is 5. The van der Waals surface area contributed by atoms with Gasteiger partial charge in [0.05, 0.1) is 5.69 Å². The molecule has 0 atom stereocenters. The standard InChI is InChI=1S/C18H22FN5/c1-11(2)18-20-17(10-9-14-12(3)21-22-13(14)4)24(23-18)16-8-6-5-7-15(16)19/h5-8,11H,9-10H2,1-4H3,(H,21,22). The zero-order valence-electron chi connectivity index (χ0n) is 14.5. The van der Waals surface area contributed by atoms with Crippen molar-refractivity contribution in [3.8, 4) is 5.69 Å². The van der Waals surface area contributed by atoms with Crippen LogP contribution in [0, 0.1) is 19.7 Å². The van der Waals surface area contributed by atoms with Crippen LogP contribution in [0.3, 0.4) is 0 Å². The van der Waals surface area contributed by atoms with Crippen LogP contribution >= 0.6 is 0 Å². The van der Waals surface area contributed by atoms with E-state index in [0.29, 0.717) is 12.1 Å². The topological polar surface area (TPSA) is 59.4 Å². The molecule has 2 aromatic heterocycles. The second-order valence-electron chi connectivity index (χ2n) is 6.32. The normalized spacial score (nSPS) is 11.4. The molecule has 0 aliphatic heterocycles. The lowest BCUT2D eigenvalue weighted by molar-refractivity contribution is 0.603. The van der Waals surface area contributed by atoms with Gasteiger partial charge >= 0.3 is 0 Å². The van der Waals surface area contributed by atoms with Crippen molar-refractivity contribution in [2.24, 2.45) is 0 Å². The van der Waals surface area contributed by atoms with E-state index >= 15 is 0 Å². The van der Waals surface area contributed by atoms with Crippen molar-refractivity contribution >= 4 is 0 Å². The van der Waals surface area contributed by atoms with Crippen LogP contribution < -0.4 is 0 Å². The molecule has 24 heavy (non-hydrogen) atoms. The molecule has 1 N–H and O–H groups in total. The van der Waals surface area contributed by atoms with E-state index in [0.717, 1.165) is 29.5 Å². The Balaban J connectivity index is 1.96. The molecular weight excluding hydrogens is 305 g/mol. The minimum Gasteiger partial charge on any atom is -0.282 e. The number of benzene rings is 1. The Morgan fingerprint density at radius 1 is 1.17 bits per heavy atom. The number of halogens is 1. The second kappa shape index (κ2) is 6.55. The lowest BCUT2D eigenvalue weighted by atomic mass is 10.1. The van der Waals surface area contributed by atoms with Crippen LogP contribution in [-0.4, -0.2) is 25.0 Å². The van der Waals surface area contributed by atoms with E-state index in [1.54, 1.807) is 16.8 Å². The van der Waals surface area contributed by atoms with Crippen molar-refractivity contribution in [3.63, 3.8) is 0 Å². The number of rotatable bonds is 5. The number of aromatic amines is 1. The molecule has 0 aliphatic rings. The molecule has 0 bridgehead atoms. The van der Waals surface area contributed by atoms with Crippen LogP contribution in [0.15, 0.2) is 24.3 Å². The number of H-pyrrole nitrogens is 1. The molecule has 3 rings (SSSR count). The molecule has 1 aromatic carbocycles. The van der Waals surface area contributed by atoms with Crippen molar-refractivity contribution in [1.29, 1.82) is 0 Å². The summed E-state index contributed by atoms with van der Waals surface area (Å²) in [5, 5.41) is 11.8. The first-order chi connectivity index (χ1) is 11.5. The highest BCUT2D eigenvalue weighted by molar-refractivity contribution is 5.34. The maximum absolute atomic E-state index is 14.2. The first kappa shape index (κ1) is 16.4. The van der Waals surface area contributed by atoms with Crippen molar-refractivity contribution in [3.05, 3.63) is 58.7 Å². The molecule has 0 saturated heterocycles. The minimum atomic E-state index is -0.297. The highest BCUT2D eigenvalue weighted by atomic mass is 19.1. The van der Waals surface area contributed by atoms with Crippen molar-refractivity contribution < 1.29 is 4.39 Å². The van der Waals surface area contributed by atoms with E-state index in [1.165, 1.54) is 11.6 Å². The first-order valence-corrected chi connectivity index (χ1v) is 8.18. The summed E-state index contributed by atoms with van der Waals surface area (Å²) in [7, 11) is 0. The smallest absolute Gasteiger partial charge is 0.153 e. The van der Waals surface area contributed by atoms with Gasteiger partial charge < -0.3 is 0 Å². The summed E-state index contributed by atoms with van der Waals surface area (Å²) in [6.45, 7) is 8.07. The Morgan fingerprint density at radius 3 is 2.54 bits per heavy atom. The van der Waals surface area contributed by atoms with Crippen LogP contribution in [0.1, 0.15) is 48.4 Å². The van der Waals surface area contributed by atoms with Crippen LogP contribution in [0.4, 0.5) is 4.39 Å². The molecule has 2 heterocycles. The molecule has 5 nitrogen and oxygen atoms in total. The lowest BCUT2D eigenvalue weighted by Crippen LogP contribution is -2.07. The van der Waals surface area contributed by atoms with E-state index in [2.05, 4.69) is 20.3 Å². The number of aryl methyl sites for hydroxylation is 3.